The highest BCUT2D eigenvalue weighted by Crippen LogP contribution is 2.25. The molecule has 0 radical (unpaired) electrons. The Kier molecular flexibility index (Phi) is 1.79. The van der Waals surface area contributed by atoms with Crippen LogP contribution in [0.5, 0.6) is 0 Å². The molecular formula is C9H9NO3. The van der Waals surface area contributed by atoms with Gasteiger partial charge in [0.2, 0.25) is 0 Å². The first-order chi connectivity index (χ1) is 6.20. The van der Waals surface area contributed by atoms with Crippen molar-refractivity contribution in [1.29, 1.82) is 0 Å². The summed E-state index contributed by atoms with van der Waals surface area (Å²) in [5, 5.41) is 19.1. The third-order valence-electron chi connectivity index (χ3n) is 2.13. The van der Waals surface area contributed by atoms with Gasteiger partial charge in [0.1, 0.15) is 6.10 Å². The zero-order chi connectivity index (χ0) is 9.42. The van der Waals surface area contributed by atoms with Crippen LogP contribution < -0.4 is 5.06 Å². The average molecular weight is 179 g/mol. The first kappa shape index (κ1) is 8.22. The first-order valence-corrected chi connectivity index (χ1v) is 3.99. The molecule has 1 aromatic carbocycles. The van der Waals surface area contributed by atoms with Crippen LogP contribution in [0.15, 0.2) is 24.3 Å². The van der Waals surface area contributed by atoms with E-state index in [1.807, 2.05) is 0 Å². The van der Waals surface area contributed by atoms with E-state index in [1.165, 1.54) is 0 Å². The van der Waals surface area contributed by atoms with Crippen LogP contribution in [0.3, 0.4) is 0 Å². The Labute approximate surface area is 75.0 Å². The molecule has 0 saturated carbocycles. The van der Waals surface area contributed by atoms with Gasteiger partial charge in [-0.05, 0) is 11.6 Å². The van der Waals surface area contributed by atoms with Gasteiger partial charge in [-0.3, -0.25) is 10.0 Å². The van der Waals surface area contributed by atoms with Crippen LogP contribution in [-0.4, -0.2) is 22.3 Å². The Morgan fingerprint density at radius 3 is 2.85 bits per heavy atom. The fourth-order valence-corrected chi connectivity index (χ4v) is 1.45. The number of hydrogen-bond acceptors (Lipinski definition) is 3. The minimum atomic E-state index is -1.13. The van der Waals surface area contributed by atoms with Gasteiger partial charge in [0.15, 0.2) is 0 Å². The average Bonchev–Trinajstić information content (AvgIpc) is 2.15. The third-order valence-corrected chi connectivity index (χ3v) is 2.13. The van der Waals surface area contributed by atoms with E-state index in [0.29, 0.717) is 10.8 Å². The van der Waals surface area contributed by atoms with Gasteiger partial charge in [0, 0.05) is 6.42 Å². The highest BCUT2D eigenvalue weighted by Gasteiger charge is 2.29. The van der Waals surface area contributed by atoms with Crippen molar-refractivity contribution in [3.8, 4) is 0 Å². The van der Waals surface area contributed by atoms with Crippen molar-refractivity contribution in [1.82, 2.24) is 0 Å². The number of hydrogen-bond donors (Lipinski definition) is 2. The summed E-state index contributed by atoms with van der Waals surface area (Å²) in [7, 11) is 0. The van der Waals surface area contributed by atoms with Crippen LogP contribution in [0.25, 0.3) is 0 Å². The normalized spacial score (nSPS) is 21.5. The lowest BCUT2D eigenvalue weighted by Gasteiger charge is -2.26. The molecule has 0 saturated heterocycles. The van der Waals surface area contributed by atoms with Gasteiger partial charge in [-0.15, -0.1) is 0 Å². The minimum absolute atomic E-state index is 0.270. The standard InChI is InChI=1S/C9H9NO3/c11-8-5-6-3-1-2-4-7(6)10(13)9(8)12/h1-4,8,11,13H,5H2. The van der Waals surface area contributed by atoms with Gasteiger partial charge in [-0.1, -0.05) is 18.2 Å². The molecule has 13 heavy (non-hydrogen) atoms. The Balaban J connectivity index is 2.49. The monoisotopic (exact) mass is 179 g/mol. The molecule has 1 heterocycles. The van der Waals surface area contributed by atoms with Crippen LogP contribution in [-0.2, 0) is 11.2 Å². The van der Waals surface area contributed by atoms with E-state index in [2.05, 4.69) is 0 Å². The summed E-state index contributed by atoms with van der Waals surface area (Å²) in [4.78, 5) is 11.1. The number of fused-ring (bicyclic) bond motifs is 1. The molecule has 1 aliphatic rings. The van der Waals surface area contributed by atoms with E-state index in [4.69, 9.17) is 0 Å². The summed E-state index contributed by atoms with van der Waals surface area (Å²) in [5.41, 5.74) is 1.23. The number of para-hydroxylation sites is 1. The lowest BCUT2D eigenvalue weighted by Crippen LogP contribution is -2.42. The summed E-state index contributed by atoms with van der Waals surface area (Å²) >= 11 is 0. The Hall–Kier alpha value is -1.39. The number of aliphatic hydroxyl groups excluding tert-OH is 1. The second kappa shape index (κ2) is 2.83. The number of benzene rings is 1. The molecule has 2 rings (SSSR count). The number of hydroxylamine groups is 1. The highest BCUT2D eigenvalue weighted by atomic mass is 16.5. The number of amides is 1. The zero-order valence-corrected chi connectivity index (χ0v) is 6.84. The fraction of sp³-hybridized carbons (Fsp3) is 0.222. The van der Waals surface area contributed by atoms with Crippen molar-refractivity contribution in [3.05, 3.63) is 29.8 Å². The largest absolute Gasteiger partial charge is 0.383 e. The second-order valence-corrected chi connectivity index (χ2v) is 3.00. The van der Waals surface area contributed by atoms with Gasteiger partial charge >= 0.3 is 0 Å². The number of carbonyl (C=O) groups excluding carboxylic acids is 1. The van der Waals surface area contributed by atoms with Crippen molar-refractivity contribution in [2.75, 3.05) is 5.06 Å². The third kappa shape index (κ3) is 1.20. The van der Waals surface area contributed by atoms with E-state index in [9.17, 15) is 15.1 Å². The molecule has 1 atom stereocenters. The molecule has 0 bridgehead atoms. The minimum Gasteiger partial charge on any atom is -0.383 e. The van der Waals surface area contributed by atoms with Gasteiger partial charge in [0.25, 0.3) is 5.91 Å². The number of rotatable bonds is 0. The quantitative estimate of drug-likeness (QED) is 0.564. The van der Waals surface area contributed by atoms with Crippen molar-refractivity contribution in [3.63, 3.8) is 0 Å². The molecule has 4 heteroatoms. The lowest BCUT2D eigenvalue weighted by molar-refractivity contribution is -0.132. The number of nitrogens with zero attached hydrogens (tertiary/aromatic N) is 1. The van der Waals surface area contributed by atoms with E-state index in [0.717, 1.165) is 5.56 Å². The van der Waals surface area contributed by atoms with E-state index in [-0.39, 0.29) is 6.42 Å². The van der Waals surface area contributed by atoms with Crippen molar-refractivity contribution in [2.45, 2.75) is 12.5 Å². The molecule has 2 N–H and O–H groups in total. The zero-order valence-electron chi connectivity index (χ0n) is 6.84. The fourth-order valence-electron chi connectivity index (χ4n) is 1.45. The van der Waals surface area contributed by atoms with Gasteiger partial charge < -0.3 is 5.11 Å². The molecule has 1 aliphatic heterocycles. The van der Waals surface area contributed by atoms with Gasteiger partial charge in [-0.2, -0.15) is 5.06 Å². The second-order valence-electron chi connectivity index (χ2n) is 3.00. The Morgan fingerprint density at radius 1 is 1.38 bits per heavy atom. The molecule has 68 valence electrons. The molecule has 1 aromatic rings. The predicted octanol–water partition coefficient (Wildman–Crippen LogP) is 0.326. The van der Waals surface area contributed by atoms with E-state index < -0.39 is 12.0 Å². The topological polar surface area (TPSA) is 60.8 Å². The van der Waals surface area contributed by atoms with Crippen molar-refractivity contribution >= 4 is 11.6 Å². The number of carbonyl (C=O) groups is 1. The first-order valence-electron chi connectivity index (χ1n) is 3.99. The van der Waals surface area contributed by atoms with Crippen molar-refractivity contribution < 1.29 is 15.1 Å². The van der Waals surface area contributed by atoms with E-state index in [1.54, 1.807) is 24.3 Å². The molecular weight excluding hydrogens is 170 g/mol. The maximum absolute atomic E-state index is 11.1. The van der Waals surface area contributed by atoms with Crippen LogP contribution >= 0.6 is 0 Å². The van der Waals surface area contributed by atoms with Crippen molar-refractivity contribution in [2.24, 2.45) is 0 Å². The van der Waals surface area contributed by atoms with Crippen LogP contribution in [0.2, 0.25) is 0 Å². The molecule has 1 unspecified atom stereocenters. The maximum Gasteiger partial charge on any atom is 0.279 e. The van der Waals surface area contributed by atoms with E-state index >= 15 is 0 Å². The summed E-state index contributed by atoms with van der Waals surface area (Å²) in [6.45, 7) is 0. The summed E-state index contributed by atoms with van der Waals surface area (Å²) in [5.74, 6) is -0.668. The summed E-state index contributed by atoms with van der Waals surface area (Å²) in [6, 6.07) is 6.94. The SMILES string of the molecule is O=C1C(O)Cc2ccccc2N1O. The molecule has 4 nitrogen and oxygen atoms in total. The molecule has 0 aliphatic carbocycles. The smallest absolute Gasteiger partial charge is 0.279 e. The Morgan fingerprint density at radius 2 is 2.08 bits per heavy atom. The summed E-state index contributed by atoms with van der Waals surface area (Å²) < 4.78 is 0. The van der Waals surface area contributed by atoms with Crippen LogP contribution in [0, 0.1) is 0 Å². The van der Waals surface area contributed by atoms with Crippen LogP contribution in [0.4, 0.5) is 5.69 Å². The number of anilines is 1. The van der Waals surface area contributed by atoms with Gasteiger partial charge in [-0.25, -0.2) is 0 Å². The predicted molar refractivity (Wildman–Crippen MR) is 45.4 cm³/mol. The number of aliphatic hydroxyl groups is 1. The van der Waals surface area contributed by atoms with Crippen LogP contribution in [0.1, 0.15) is 5.56 Å². The Bertz CT molecular complexity index is 350. The molecule has 0 spiro atoms. The molecule has 1 amide bonds. The molecule has 0 aromatic heterocycles. The molecule has 0 fully saturated rings. The maximum atomic E-state index is 11.1. The summed E-state index contributed by atoms with van der Waals surface area (Å²) in [6.07, 6.45) is -0.855. The highest BCUT2D eigenvalue weighted by molar-refractivity contribution is 5.97. The lowest BCUT2D eigenvalue weighted by atomic mass is 10.0. The van der Waals surface area contributed by atoms with Gasteiger partial charge in [0.05, 0.1) is 5.69 Å².